The third-order valence-electron chi connectivity index (χ3n) is 4.48. The van der Waals surface area contributed by atoms with Crippen molar-refractivity contribution in [1.29, 1.82) is 0 Å². The number of hydrogen-bond donors (Lipinski definition) is 3. The van der Waals surface area contributed by atoms with Crippen LogP contribution < -0.4 is 5.32 Å². The molecule has 1 aliphatic rings. The van der Waals surface area contributed by atoms with E-state index in [1.807, 2.05) is 6.08 Å². The summed E-state index contributed by atoms with van der Waals surface area (Å²) in [6.07, 6.45) is 1.83. The molecule has 1 aromatic carbocycles. The van der Waals surface area contributed by atoms with E-state index < -0.39 is 5.97 Å². The standard InChI is InChI=1S/C20H22N2O3/c1-10(2)13-8-17(11(3)4)21-18(13)9-15-14-7-12(20(24)25)5-6-16(14)22-19(15)23/h5-11,21H,1-4H3,(H,22,23)(H,24,25). The maximum atomic E-state index is 12.4. The summed E-state index contributed by atoms with van der Waals surface area (Å²) >= 11 is 0. The van der Waals surface area contributed by atoms with E-state index >= 15 is 0 Å². The number of rotatable bonds is 4. The molecule has 0 fully saturated rings. The topological polar surface area (TPSA) is 82.2 Å². The molecule has 0 radical (unpaired) electrons. The third kappa shape index (κ3) is 3.09. The molecule has 3 rings (SSSR count). The number of carboxylic acid groups (broad SMARTS) is 1. The number of carbonyl (C=O) groups excluding carboxylic acids is 1. The van der Waals surface area contributed by atoms with E-state index in [9.17, 15) is 14.7 Å². The highest BCUT2D eigenvalue weighted by atomic mass is 16.4. The van der Waals surface area contributed by atoms with Crippen molar-refractivity contribution < 1.29 is 14.7 Å². The van der Waals surface area contributed by atoms with Gasteiger partial charge in [0.05, 0.1) is 11.1 Å². The number of carboxylic acids is 1. The number of nitrogens with one attached hydrogen (secondary N) is 2. The van der Waals surface area contributed by atoms with E-state index in [0.717, 1.165) is 17.0 Å². The smallest absolute Gasteiger partial charge is 0.335 e. The van der Waals surface area contributed by atoms with Gasteiger partial charge in [0.15, 0.2) is 0 Å². The van der Waals surface area contributed by atoms with Gasteiger partial charge in [0.1, 0.15) is 0 Å². The second-order valence-electron chi connectivity index (χ2n) is 6.98. The van der Waals surface area contributed by atoms with Crippen molar-refractivity contribution in [2.45, 2.75) is 39.5 Å². The minimum atomic E-state index is -1.01. The van der Waals surface area contributed by atoms with Crippen molar-refractivity contribution in [2.24, 2.45) is 0 Å². The Morgan fingerprint density at radius 1 is 1.12 bits per heavy atom. The predicted molar refractivity (Wildman–Crippen MR) is 98.9 cm³/mol. The van der Waals surface area contributed by atoms with Crippen LogP contribution in [0.5, 0.6) is 0 Å². The zero-order valence-corrected chi connectivity index (χ0v) is 14.8. The lowest BCUT2D eigenvalue weighted by Crippen LogP contribution is -2.03. The summed E-state index contributed by atoms with van der Waals surface area (Å²) in [6, 6.07) is 6.82. The number of aromatic nitrogens is 1. The van der Waals surface area contributed by atoms with E-state index in [1.54, 1.807) is 12.1 Å². The first-order valence-corrected chi connectivity index (χ1v) is 8.41. The van der Waals surface area contributed by atoms with Gasteiger partial charge in [0.2, 0.25) is 0 Å². The molecular weight excluding hydrogens is 316 g/mol. The first-order chi connectivity index (χ1) is 11.8. The molecule has 0 unspecified atom stereocenters. The molecule has 1 amide bonds. The maximum Gasteiger partial charge on any atom is 0.335 e. The van der Waals surface area contributed by atoms with Gasteiger partial charge in [-0.1, -0.05) is 27.7 Å². The van der Waals surface area contributed by atoms with E-state index in [1.165, 1.54) is 6.07 Å². The minimum Gasteiger partial charge on any atom is -0.478 e. The lowest BCUT2D eigenvalue weighted by atomic mass is 9.98. The molecule has 130 valence electrons. The molecule has 5 heteroatoms. The molecule has 3 N–H and O–H groups in total. The summed E-state index contributed by atoms with van der Waals surface area (Å²) in [7, 11) is 0. The zero-order chi connectivity index (χ0) is 18.3. The SMILES string of the molecule is CC(C)c1cc(C(C)C)c(C=C2C(=O)Nc3ccc(C(=O)O)cc32)[nH]1. The van der Waals surface area contributed by atoms with Gasteiger partial charge in [-0.05, 0) is 47.7 Å². The second-order valence-corrected chi connectivity index (χ2v) is 6.98. The molecule has 25 heavy (non-hydrogen) atoms. The Bertz CT molecular complexity index is 888. The van der Waals surface area contributed by atoms with Gasteiger partial charge in [-0.25, -0.2) is 4.79 Å². The Morgan fingerprint density at radius 3 is 2.44 bits per heavy atom. The molecule has 0 saturated heterocycles. The Labute approximate surface area is 146 Å². The van der Waals surface area contributed by atoms with Crippen LogP contribution in [0.15, 0.2) is 24.3 Å². The van der Waals surface area contributed by atoms with Crippen LogP contribution in [0.2, 0.25) is 0 Å². The third-order valence-corrected chi connectivity index (χ3v) is 4.48. The van der Waals surface area contributed by atoms with Gasteiger partial charge in [-0.2, -0.15) is 0 Å². The molecule has 1 aromatic heterocycles. The fourth-order valence-corrected chi connectivity index (χ4v) is 3.03. The van der Waals surface area contributed by atoms with Crippen molar-refractivity contribution in [2.75, 3.05) is 5.32 Å². The van der Waals surface area contributed by atoms with Crippen LogP contribution in [0.25, 0.3) is 11.6 Å². The van der Waals surface area contributed by atoms with Gasteiger partial charge in [-0.15, -0.1) is 0 Å². The molecule has 2 aromatic rings. The largest absolute Gasteiger partial charge is 0.478 e. The number of anilines is 1. The van der Waals surface area contributed by atoms with Crippen LogP contribution >= 0.6 is 0 Å². The molecule has 0 bridgehead atoms. The van der Waals surface area contributed by atoms with Crippen LogP contribution in [0.3, 0.4) is 0 Å². The Hall–Kier alpha value is -2.82. The number of hydrogen-bond acceptors (Lipinski definition) is 2. The van der Waals surface area contributed by atoms with Crippen molar-refractivity contribution in [3.8, 4) is 0 Å². The summed E-state index contributed by atoms with van der Waals surface area (Å²) in [5.74, 6) is -0.558. The van der Waals surface area contributed by atoms with Gasteiger partial charge >= 0.3 is 5.97 Å². The lowest BCUT2D eigenvalue weighted by molar-refractivity contribution is -0.110. The van der Waals surface area contributed by atoms with E-state index in [-0.39, 0.29) is 11.5 Å². The highest BCUT2D eigenvalue weighted by Gasteiger charge is 2.26. The van der Waals surface area contributed by atoms with Crippen molar-refractivity contribution in [3.63, 3.8) is 0 Å². The minimum absolute atomic E-state index is 0.166. The zero-order valence-electron chi connectivity index (χ0n) is 14.8. The van der Waals surface area contributed by atoms with E-state index in [2.05, 4.69) is 44.1 Å². The fourth-order valence-electron chi connectivity index (χ4n) is 3.03. The normalized spacial score (nSPS) is 15.1. The van der Waals surface area contributed by atoms with Crippen molar-refractivity contribution in [3.05, 3.63) is 52.3 Å². The number of aromatic amines is 1. The second kappa shape index (κ2) is 6.24. The fraction of sp³-hybridized carbons (Fsp3) is 0.300. The maximum absolute atomic E-state index is 12.4. The van der Waals surface area contributed by atoms with Gasteiger partial charge in [0, 0.05) is 22.6 Å². The lowest BCUT2D eigenvalue weighted by Gasteiger charge is -2.05. The molecular formula is C20H22N2O3. The molecule has 0 saturated carbocycles. The Kier molecular flexibility index (Phi) is 4.25. The number of aromatic carboxylic acids is 1. The van der Waals surface area contributed by atoms with E-state index in [4.69, 9.17) is 0 Å². The first kappa shape index (κ1) is 17.0. The number of H-pyrrole nitrogens is 1. The predicted octanol–water partition coefficient (Wildman–Crippen LogP) is 4.45. The van der Waals surface area contributed by atoms with E-state index in [0.29, 0.717) is 28.7 Å². The summed E-state index contributed by atoms with van der Waals surface area (Å²) in [5, 5.41) is 12.0. The number of benzene rings is 1. The summed E-state index contributed by atoms with van der Waals surface area (Å²) in [6.45, 7) is 8.45. The van der Waals surface area contributed by atoms with Gasteiger partial charge in [-0.3, -0.25) is 4.79 Å². The summed E-state index contributed by atoms with van der Waals surface area (Å²) in [4.78, 5) is 27.0. The van der Waals surface area contributed by atoms with Crippen LogP contribution in [-0.2, 0) is 4.79 Å². The molecule has 0 aliphatic carbocycles. The van der Waals surface area contributed by atoms with Gasteiger partial charge in [0.25, 0.3) is 5.91 Å². The molecule has 0 spiro atoms. The van der Waals surface area contributed by atoms with Crippen LogP contribution in [0.4, 0.5) is 5.69 Å². The van der Waals surface area contributed by atoms with Crippen molar-refractivity contribution >= 4 is 29.2 Å². The highest BCUT2D eigenvalue weighted by molar-refractivity contribution is 6.35. The Balaban J connectivity index is 2.13. The first-order valence-electron chi connectivity index (χ1n) is 8.41. The average Bonchev–Trinajstić information content (AvgIpc) is 3.09. The molecule has 1 aliphatic heterocycles. The van der Waals surface area contributed by atoms with Gasteiger partial charge < -0.3 is 15.4 Å². The van der Waals surface area contributed by atoms with Crippen LogP contribution in [-0.4, -0.2) is 22.0 Å². The Morgan fingerprint density at radius 2 is 1.84 bits per heavy atom. The van der Waals surface area contributed by atoms with Crippen LogP contribution in [0, 0.1) is 0 Å². The molecule has 0 atom stereocenters. The summed E-state index contributed by atoms with van der Waals surface area (Å²) in [5.41, 5.74) is 5.08. The monoisotopic (exact) mass is 338 g/mol. The number of amides is 1. The van der Waals surface area contributed by atoms with Crippen LogP contribution in [0.1, 0.15) is 72.4 Å². The number of fused-ring (bicyclic) bond motifs is 1. The van der Waals surface area contributed by atoms with Crippen molar-refractivity contribution in [1.82, 2.24) is 4.98 Å². The molecule has 2 heterocycles. The quantitative estimate of drug-likeness (QED) is 0.720. The average molecular weight is 338 g/mol. The summed E-state index contributed by atoms with van der Waals surface area (Å²) < 4.78 is 0. The highest BCUT2D eigenvalue weighted by Crippen LogP contribution is 2.35. The molecule has 5 nitrogen and oxygen atoms in total. The number of carbonyl (C=O) groups is 2.